The number of Topliss-reactive ketones (excluding diaryl/α,β-unsaturated/α-hetero) is 2. The highest BCUT2D eigenvalue weighted by molar-refractivity contribution is 8.07. The number of ketones is 2. The molecule has 2 saturated heterocycles. The lowest BCUT2D eigenvalue weighted by Crippen LogP contribution is -2.57. The molecule has 6 aromatic heterocycles. The topological polar surface area (TPSA) is 249 Å². The number of aryl methyl sites for hydroxylation is 4. The Morgan fingerprint density at radius 2 is 1.08 bits per heavy atom. The number of halogens is 1. The number of carbonyl (C=O) groups excluding carboxylic acids is 5. The number of aromatic nitrogens is 8. The zero-order valence-corrected chi connectivity index (χ0v) is 46.4. The van der Waals surface area contributed by atoms with Crippen LogP contribution in [0.1, 0.15) is 70.4 Å². The predicted octanol–water partition coefficient (Wildman–Crippen LogP) is 7.47. The highest BCUT2D eigenvalue weighted by Crippen LogP contribution is 2.30. The van der Waals surface area contributed by atoms with Gasteiger partial charge < -0.3 is 35.1 Å². The van der Waals surface area contributed by atoms with Crippen molar-refractivity contribution in [2.45, 2.75) is 79.6 Å². The van der Waals surface area contributed by atoms with E-state index in [1.165, 1.54) is 13.8 Å². The number of hydrogen-bond donors (Lipinski definition) is 4. The second-order valence-corrected chi connectivity index (χ2v) is 17.8. The molecule has 0 spiro atoms. The zero-order valence-electron chi connectivity index (χ0n) is 42.9. The molecule has 0 unspecified atom stereocenters. The number of nitrogens with zero attached hydrogens (tertiary/aromatic N) is 9. The van der Waals surface area contributed by atoms with Gasteiger partial charge >= 0.3 is 5.97 Å². The van der Waals surface area contributed by atoms with E-state index in [0.717, 1.165) is 68.4 Å². The minimum atomic E-state index is -0.951. The Morgan fingerprint density at radius 1 is 0.636 bits per heavy atom. The number of benzene rings is 2. The third-order valence-corrected chi connectivity index (χ3v) is 12.4. The molecule has 3 amide bonds. The maximum Gasteiger partial charge on any atom is 0.323 e. The van der Waals surface area contributed by atoms with Gasteiger partial charge in [0.2, 0.25) is 17.7 Å². The number of carbonyl (C=O) groups is 6. The quantitative estimate of drug-likeness (QED) is 0.0867. The minimum absolute atomic E-state index is 0. The van der Waals surface area contributed by atoms with Crippen LogP contribution in [0.3, 0.4) is 0 Å². The Hall–Kier alpha value is -7.76. The summed E-state index contributed by atoms with van der Waals surface area (Å²) in [4.78, 5) is 99.6. The normalized spacial score (nSPS) is 13.9. The minimum Gasteiger partial charge on any atom is -0.480 e. The molecular weight excluding hydrogens is 1060 g/mol. The summed E-state index contributed by atoms with van der Waals surface area (Å²) in [5.74, 6) is 0.907. The first-order chi connectivity index (χ1) is 36.0. The number of rotatable bonds is 12. The first-order valence-corrected chi connectivity index (χ1v) is 25.1. The van der Waals surface area contributed by atoms with Crippen molar-refractivity contribution < 1.29 is 33.9 Å². The first kappa shape index (κ1) is 60.1. The van der Waals surface area contributed by atoms with Crippen LogP contribution in [-0.2, 0) is 54.6 Å². The Bertz CT molecular complexity index is 3440. The van der Waals surface area contributed by atoms with Gasteiger partial charge in [-0.2, -0.15) is 13.5 Å². The summed E-state index contributed by atoms with van der Waals surface area (Å²) in [6.45, 7) is 11.7. The van der Waals surface area contributed by atoms with E-state index < -0.39 is 12.0 Å². The molecule has 23 heteroatoms. The van der Waals surface area contributed by atoms with Crippen LogP contribution in [0.25, 0.3) is 44.1 Å². The number of anilines is 2. The molecule has 0 aliphatic carbocycles. The smallest absolute Gasteiger partial charge is 0.323 e. The van der Waals surface area contributed by atoms with Gasteiger partial charge in [-0.15, -0.1) is 12.4 Å². The molecule has 2 fully saturated rings. The van der Waals surface area contributed by atoms with Crippen LogP contribution in [-0.4, -0.2) is 109 Å². The lowest BCUT2D eigenvalue weighted by atomic mass is 10.0. The summed E-state index contributed by atoms with van der Waals surface area (Å²) in [6.07, 6.45) is 11.8. The van der Waals surface area contributed by atoms with Gasteiger partial charge in [-0.25, -0.2) is 29.9 Å². The van der Waals surface area contributed by atoms with Gasteiger partial charge in [-0.1, -0.05) is 24.3 Å². The van der Waals surface area contributed by atoms with Gasteiger partial charge in [0.1, 0.15) is 42.4 Å². The Morgan fingerprint density at radius 3 is 1.45 bits per heavy atom. The van der Waals surface area contributed by atoms with E-state index >= 15 is 0 Å². The fraction of sp³-hybridized carbons (Fsp3) is 0.259. The van der Waals surface area contributed by atoms with Gasteiger partial charge in [0.15, 0.2) is 11.6 Å². The van der Waals surface area contributed by atoms with Crippen LogP contribution in [0.5, 0.6) is 0 Å². The van der Waals surface area contributed by atoms with Crippen LogP contribution in [0, 0.1) is 27.7 Å². The largest absolute Gasteiger partial charge is 0.480 e. The molecule has 4 N–H and O–H groups in total. The molecule has 19 nitrogen and oxygen atoms in total. The second-order valence-electron chi connectivity index (χ2n) is 17.8. The molecule has 0 radical (unpaired) electrons. The van der Waals surface area contributed by atoms with E-state index in [1.54, 1.807) is 63.3 Å². The summed E-state index contributed by atoms with van der Waals surface area (Å²) in [6, 6.07) is 21.7. The standard InChI is InChI=1S/C27H26N6O3.C17H15N3O3.C10H13N3O.ClH.S2.H2S/c1-16-5-4-6-25(30-16)31-27(36)24-9-10-33(24)26(35)15-32-14-22(17(2)34)21-11-19(7-8-23(21)32)20-12-28-18(3)29-13-20;1-10(21)15-8-20(9-17(22)23)16-4-3-12(5-14(15)16)13-6-18-11(2)19-7-13;1-7-3-2-4-9(12-7)13-10(14)8-5-6-11-8;;1-2;/h4-8,11-14,24H,9-10,15H2,1-3H3,(H,30,31,36);3-8H,9H2,1-2H3,(H,22,23);2-4,8,11H,5-6H2,1H3,(H,12,13,14);1H;;1H2/t24-;;8-;;;/m0.0.../s1. The van der Waals surface area contributed by atoms with Gasteiger partial charge in [0, 0.05) is 122 Å². The van der Waals surface area contributed by atoms with Gasteiger partial charge in [-0.3, -0.25) is 28.8 Å². The van der Waals surface area contributed by atoms with Crippen LogP contribution in [0.2, 0.25) is 0 Å². The molecule has 2 aliphatic rings. The third kappa shape index (κ3) is 15.0. The summed E-state index contributed by atoms with van der Waals surface area (Å²) in [5, 5.41) is 19.1. The Kier molecular flexibility index (Phi) is 21.3. The molecule has 8 heterocycles. The van der Waals surface area contributed by atoms with Crippen LogP contribution in [0.15, 0.2) is 110 Å². The first-order valence-electron chi connectivity index (χ1n) is 23.8. The van der Waals surface area contributed by atoms with Crippen LogP contribution < -0.4 is 16.0 Å². The highest BCUT2D eigenvalue weighted by atomic mass is 35.5. The number of likely N-dealkylation sites (tertiary alicyclic amines) is 1. The fourth-order valence-electron chi connectivity index (χ4n) is 8.36. The van der Waals surface area contributed by atoms with Crippen molar-refractivity contribution in [3.63, 3.8) is 0 Å². The Balaban J connectivity index is 0.000000228. The summed E-state index contributed by atoms with van der Waals surface area (Å²) in [5.41, 5.74) is 7.71. The highest BCUT2D eigenvalue weighted by Gasteiger charge is 2.38. The van der Waals surface area contributed by atoms with E-state index in [0.29, 0.717) is 47.4 Å². The zero-order chi connectivity index (χ0) is 53.9. The molecule has 2 aromatic carbocycles. The lowest BCUT2D eigenvalue weighted by molar-refractivity contribution is -0.145. The molecule has 8 aromatic rings. The van der Waals surface area contributed by atoms with Crippen molar-refractivity contribution in [1.29, 1.82) is 0 Å². The molecule has 2 atom stereocenters. The summed E-state index contributed by atoms with van der Waals surface area (Å²) in [7, 11) is 0. The average molecular weight is 1120 g/mol. The number of pyridine rings is 2. The number of carboxylic acid groups (broad SMARTS) is 1. The van der Waals surface area contributed by atoms with Crippen molar-refractivity contribution in [2.75, 3.05) is 23.7 Å². The molecule has 2 aliphatic heterocycles. The number of amides is 3. The second kappa shape index (κ2) is 27.3. The fourth-order valence-corrected chi connectivity index (χ4v) is 8.36. The summed E-state index contributed by atoms with van der Waals surface area (Å²) >= 11 is 7.33. The maximum absolute atomic E-state index is 13.2. The molecule has 0 bridgehead atoms. The third-order valence-electron chi connectivity index (χ3n) is 12.4. The maximum atomic E-state index is 13.2. The van der Waals surface area contributed by atoms with Crippen molar-refractivity contribution in [1.82, 2.24) is 49.3 Å². The van der Waals surface area contributed by atoms with Crippen molar-refractivity contribution >= 4 is 117 Å². The van der Waals surface area contributed by atoms with Crippen molar-refractivity contribution in [3.05, 3.63) is 144 Å². The van der Waals surface area contributed by atoms with E-state index in [1.807, 2.05) is 88.4 Å². The van der Waals surface area contributed by atoms with Crippen LogP contribution >= 0.6 is 25.9 Å². The summed E-state index contributed by atoms with van der Waals surface area (Å²) < 4.78 is 3.35. The van der Waals surface area contributed by atoms with E-state index in [2.05, 4.69) is 68.2 Å². The number of aliphatic carboxylic acids is 1. The number of hydrogen-bond acceptors (Lipinski definition) is 15. The Labute approximate surface area is 467 Å². The number of nitrogens with one attached hydrogen (secondary N) is 3. The molecule has 10 rings (SSSR count). The number of carboxylic acids is 1. The van der Waals surface area contributed by atoms with Gasteiger partial charge in [0.05, 0.1) is 6.04 Å². The van der Waals surface area contributed by atoms with E-state index in [-0.39, 0.29) is 74.3 Å². The van der Waals surface area contributed by atoms with Crippen LogP contribution in [0.4, 0.5) is 11.6 Å². The molecule has 400 valence electrons. The van der Waals surface area contributed by atoms with Crippen molar-refractivity contribution in [3.8, 4) is 22.3 Å². The number of fused-ring (bicyclic) bond motifs is 2. The van der Waals surface area contributed by atoms with E-state index in [4.69, 9.17) is 5.11 Å². The van der Waals surface area contributed by atoms with E-state index in [9.17, 15) is 28.8 Å². The SMILES string of the molecule is CC(=O)c1cn(CC(=O)N2CC[C@H]2C(=O)Nc2cccc(C)n2)c2ccc(-c3cnc(C)nc3)cc12.CC(=O)c1cn(CC(=O)O)c2ccc(-c3cnc(C)nc3)cc12.Cc1cccc(NC(=O)[C@@H]2CCN2)n1.Cl.S.S=S. The molecule has 77 heavy (non-hydrogen) atoms. The monoisotopic (exact) mass is 1120 g/mol. The predicted molar refractivity (Wildman–Crippen MR) is 307 cm³/mol. The van der Waals surface area contributed by atoms with Gasteiger partial charge in [0.25, 0.3) is 0 Å². The molecule has 0 saturated carbocycles. The van der Waals surface area contributed by atoms with Gasteiger partial charge in [-0.05, 0) is 121 Å². The average Bonchev–Trinajstić information content (AvgIpc) is 3.89. The molecular formula is C54H57ClN12O7S3. The van der Waals surface area contributed by atoms with Crippen molar-refractivity contribution in [2.24, 2.45) is 0 Å². The lowest BCUT2D eigenvalue weighted by Gasteiger charge is -2.39.